The second kappa shape index (κ2) is 11.6. The lowest BCUT2D eigenvalue weighted by Crippen LogP contribution is -2.24. The largest absolute Gasteiger partial charge is 0.493 e. The molecule has 2 fully saturated rings. The fraction of sp³-hybridized carbons (Fsp3) is 0.545. The van der Waals surface area contributed by atoms with Crippen LogP contribution in [0.4, 0.5) is 0 Å². The molecular weight excluding hydrogens is 438 g/mol. The molecule has 3 rings (SSSR count). The summed E-state index contributed by atoms with van der Waals surface area (Å²) >= 11 is 1.72. The molecule has 9 heteroatoms. The number of methoxy groups -OCH3 is 2. The van der Waals surface area contributed by atoms with E-state index in [0.717, 1.165) is 49.5 Å². The van der Waals surface area contributed by atoms with Crippen LogP contribution in [0.5, 0.6) is 11.5 Å². The van der Waals surface area contributed by atoms with E-state index in [1.54, 1.807) is 26.0 Å². The molecule has 31 heavy (non-hydrogen) atoms. The predicted octanol–water partition coefficient (Wildman–Crippen LogP) is 3.21. The summed E-state index contributed by atoms with van der Waals surface area (Å²) in [6.45, 7) is 1.51. The summed E-state index contributed by atoms with van der Waals surface area (Å²) < 4.78 is 21.4. The standard InChI is InChI=1S/C22H29NO6S2/c1-26-18-11-10-17(16-19(18)27-2)8-6-13-23-12-5-3-4-9-20-30-14-7-15-31(20)28-21(24)22(25)29-31/h10-11,16,20,23H,4,6-9,12-15H2,1-2H3. The van der Waals surface area contributed by atoms with Gasteiger partial charge < -0.3 is 23.2 Å². The molecule has 0 amide bonds. The molecule has 2 aliphatic heterocycles. The van der Waals surface area contributed by atoms with E-state index in [0.29, 0.717) is 18.7 Å². The van der Waals surface area contributed by atoms with Gasteiger partial charge in [-0.2, -0.15) is 0 Å². The number of benzene rings is 1. The van der Waals surface area contributed by atoms with Gasteiger partial charge in [-0.3, -0.25) is 0 Å². The number of hydrogen-bond acceptors (Lipinski definition) is 8. The Hall–Kier alpha value is -2.02. The zero-order chi connectivity index (χ0) is 22.1. The van der Waals surface area contributed by atoms with Gasteiger partial charge in [0.05, 0.1) is 26.5 Å². The molecule has 1 spiro atoms. The molecule has 2 saturated heterocycles. The van der Waals surface area contributed by atoms with Crippen molar-refractivity contribution < 1.29 is 27.4 Å². The molecule has 1 unspecified atom stereocenters. The molecule has 1 aromatic carbocycles. The zero-order valence-electron chi connectivity index (χ0n) is 17.9. The normalized spacial score (nSPS) is 20.4. The molecule has 170 valence electrons. The average molecular weight is 468 g/mol. The first-order valence-electron chi connectivity index (χ1n) is 10.3. The summed E-state index contributed by atoms with van der Waals surface area (Å²) in [6.07, 6.45) is 4.29. The summed E-state index contributed by atoms with van der Waals surface area (Å²) in [5.74, 6) is 7.76. The number of carbonyl (C=O) groups excluding carboxylic acids is 2. The first-order chi connectivity index (χ1) is 15.1. The highest BCUT2D eigenvalue weighted by Crippen LogP contribution is 2.65. The van der Waals surface area contributed by atoms with Gasteiger partial charge in [0.15, 0.2) is 11.5 Å². The van der Waals surface area contributed by atoms with Crippen LogP contribution in [0.3, 0.4) is 0 Å². The quantitative estimate of drug-likeness (QED) is 0.337. The van der Waals surface area contributed by atoms with Crippen molar-refractivity contribution in [2.45, 2.75) is 36.7 Å². The Morgan fingerprint density at radius 3 is 2.68 bits per heavy atom. The van der Waals surface area contributed by atoms with Crippen LogP contribution in [0.1, 0.15) is 31.2 Å². The molecule has 1 N–H and O–H groups in total. The van der Waals surface area contributed by atoms with E-state index in [1.165, 1.54) is 5.56 Å². The van der Waals surface area contributed by atoms with Gasteiger partial charge in [-0.05, 0) is 55.7 Å². The number of aryl methyl sites for hydroxylation is 1. The van der Waals surface area contributed by atoms with Crippen LogP contribution in [0.25, 0.3) is 0 Å². The van der Waals surface area contributed by atoms with Crippen molar-refractivity contribution >= 4 is 34.3 Å². The first-order valence-corrected chi connectivity index (χ1v) is 13.1. The van der Waals surface area contributed by atoms with Gasteiger partial charge in [0.25, 0.3) is 0 Å². The Kier molecular flexibility index (Phi) is 8.81. The molecule has 0 bridgehead atoms. The summed E-state index contributed by atoms with van der Waals surface area (Å²) in [6, 6.07) is 5.99. The van der Waals surface area contributed by atoms with Gasteiger partial charge in [-0.15, -0.1) is 17.7 Å². The number of carbonyl (C=O) groups is 2. The fourth-order valence-corrected chi connectivity index (χ4v) is 8.48. The Bertz CT molecular complexity index is 834. The Labute approximate surface area is 189 Å². The summed E-state index contributed by atoms with van der Waals surface area (Å²) in [4.78, 5) is 23.0. The van der Waals surface area contributed by atoms with E-state index >= 15 is 0 Å². The van der Waals surface area contributed by atoms with Gasteiger partial charge >= 0.3 is 11.9 Å². The summed E-state index contributed by atoms with van der Waals surface area (Å²) in [7, 11) is 1.20. The van der Waals surface area contributed by atoms with Crippen LogP contribution in [0.15, 0.2) is 18.2 Å². The van der Waals surface area contributed by atoms with Crippen molar-refractivity contribution in [3.05, 3.63) is 23.8 Å². The Morgan fingerprint density at radius 2 is 1.94 bits per heavy atom. The fourth-order valence-electron chi connectivity index (χ4n) is 3.45. The third kappa shape index (κ3) is 6.25. The van der Waals surface area contributed by atoms with Crippen LogP contribution in [0.2, 0.25) is 0 Å². The molecule has 2 heterocycles. The van der Waals surface area contributed by atoms with Gasteiger partial charge in [-0.25, -0.2) is 9.59 Å². The number of rotatable bonds is 9. The minimum absolute atomic E-state index is 0.0281. The maximum atomic E-state index is 11.5. The molecule has 7 nitrogen and oxygen atoms in total. The minimum atomic E-state index is -2.08. The number of nitrogens with one attached hydrogen (secondary N) is 1. The third-order valence-corrected chi connectivity index (χ3v) is 10.2. The monoisotopic (exact) mass is 467 g/mol. The van der Waals surface area contributed by atoms with Crippen molar-refractivity contribution in [1.82, 2.24) is 5.32 Å². The zero-order valence-corrected chi connectivity index (χ0v) is 19.6. The molecule has 1 atom stereocenters. The van der Waals surface area contributed by atoms with Gasteiger partial charge in [-0.1, -0.05) is 22.6 Å². The molecule has 1 aromatic rings. The molecule has 0 radical (unpaired) electrons. The number of ether oxygens (including phenoxy) is 2. The van der Waals surface area contributed by atoms with E-state index in [9.17, 15) is 9.59 Å². The molecule has 0 saturated carbocycles. The summed E-state index contributed by atoms with van der Waals surface area (Å²) in [5.41, 5.74) is 1.21. The van der Waals surface area contributed by atoms with Crippen molar-refractivity contribution in [3.63, 3.8) is 0 Å². The van der Waals surface area contributed by atoms with E-state index in [1.807, 2.05) is 12.1 Å². The van der Waals surface area contributed by atoms with E-state index in [4.69, 9.17) is 17.8 Å². The highest BCUT2D eigenvalue weighted by Gasteiger charge is 2.48. The van der Waals surface area contributed by atoms with Crippen LogP contribution >= 0.6 is 22.4 Å². The average Bonchev–Trinajstić information content (AvgIpc) is 3.06. The smallest absolute Gasteiger partial charge is 0.441 e. The van der Waals surface area contributed by atoms with Gasteiger partial charge in [0.2, 0.25) is 0 Å². The highest BCUT2D eigenvalue weighted by molar-refractivity contribution is 8.35. The van der Waals surface area contributed by atoms with Crippen LogP contribution in [0, 0.1) is 11.8 Å². The Morgan fingerprint density at radius 1 is 1.16 bits per heavy atom. The van der Waals surface area contributed by atoms with Crippen LogP contribution in [-0.2, 0) is 24.4 Å². The van der Waals surface area contributed by atoms with E-state index in [-0.39, 0.29) is 4.58 Å². The lowest BCUT2D eigenvalue weighted by Gasteiger charge is -2.44. The predicted molar refractivity (Wildman–Crippen MR) is 123 cm³/mol. The molecule has 0 aliphatic carbocycles. The minimum Gasteiger partial charge on any atom is -0.493 e. The number of thioether (sulfide) groups is 1. The van der Waals surface area contributed by atoms with Crippen molar-refractivity contribution in [2.24, 2.45) is 0 Å². The maximum Gasteiger partial charge on any atom is 0.441 e. The third-order valence-electron chi connectivity index (χ3n) is 4.99. The van der Waals surface area contributed by atoms with Crippen molar-refractivity contribution in [2.75, 3.05) is 38.8 Å². The van der Waals surface area contributed by atoms with Gasteiger partial charge in [0.1, 0.15) is 4.58 Å². The lowest BCUT2D eigenvalue weighted by atomic mass is 10.1. The van der Waals surface area contributed by atoms with Gasteiger partial charge in [0, 0.05) is 6.42 Å². The summed E-state index contributed by atoms with van der Waals surface area (Å²) in [5, 5.41) is 3.34. The molecular formula is C22H29NO6S2. The van der Waals surface area contributed by atoms with Crippen molar-refractivity contribution in [1.29, 1.82) is 0 Å². The van der Waals surface area contributed by atoms with Crippen LogP contribution in [-0.4, -0.2) is 55.3 Å². The first kappa shape index (κ1) is 23.6. The number of hydrogen-bond donors (Lipinski definition) is 1. The van der Waals surface area contributed by atoms with Crippen LogP contribution < -0.4 is 14.8 Å². The Balaban J connectivity index is 1.33. The topological polar surface area (TPSA) is 83.1 Å². The second-order valence-electron chi connectivity index (χ2n) is 7.12. The second-order valence-corrected chi connectivity index (χ2v) is 11.4. The van der Waals surface area contributed by atoms with E-state index < -0.39 is 22.5 Å². The molecule has 2 aliphatic rings. The highest BCUT2D eigenvalue weighted by atomic mass is 32.3. The van der Waals surface area contributed by atoms with E-state index in [2.05, 4.69) is 23.2 Å². The van der Waals surface area contributed by atoms with Crippen molar-refractivity contribution in [3.8, 4) is 23.3 Å². The maximum absolute atomic E-state index is 11.5. The molecule has 0 aromatic heterocycles. The SMILES string of the molecule is COc1ccc(CCCNCC#CCCC2SCCCS23OC(=O)C(=O)O3)cc1OC. The lowest BCUT2D eigenvalue weighted by molar-refractivity contribution is -0.150.